The Balaban J connectivity index is 1.37. The van der Waals surface area contributed by atoms with Crippen LogP contribution in [0.1, 0.15) is 72.4 Å². The molecule has 3 aromatic rings. The minimum Gasteiger partial charge on any atom is -0.353 e. The van der Waals surface area contributed by atoms with Gasteiger partial charge in [-0.05, 0) is 44.2 Å². The van der Waals surface area contributed by atoms with Crippen molar-refractivity contribution in [2.24, 2.45) is 0 Å². The highest BCUT2D eigenvalue weighted by Gasteiger charge is 2.28. The molecule has 0 unspecified atom stereocenters. The number of thiophene rings is 1. The molecule has 34 heavy (non-hydrogen) atoms. The van der Waals surface area contributed by atoms with Crippen molar-refractivity contribution in [2.75, 3.05) is 13.1 Å². The predicted molar refractivity (Wildman–Crippen MR) is 137 cm³/mol. The third-order valence-corrected chi connectivity index (χ3v) is 7.64. The van der Waals surface area contributed by atoms with Gasteiger partial charge in [-0.2, -0.15) is 0 Å². The van der Waals surface area contributed by atoms with Gasteiger partial charge in [-0.15, -0.1) is 11.3 Å². The van der Waals surface area contributed by atoms with Gasteiger partial charge in [0, 0.05) is 36.4 Å². The Bertz CT molecular complexity index is 1190. The summed E-state index contributed by atoms with van der Waals surface area (Å²) in [4.78, 5) is 38.8. The van der Waals surface area contributed by atoms with Crippen LogP contribution in [0.2, 0.25) is 0 Å². The largest absolute Gasteiger partial charge is 0.353 e. The molecular weight excluding hydrogens is 444 g/mol. The molecule has 0 radical (unpaired) electrons. The maximum absolute atomic E-state index is 13.4. The fourth-order valence-corrected chi connectivity index (χ4v) is 5.65. The Morgan fingerprint density at radius 3 is 2.41 bits per heavy atom. The second-order valence-electron chi connectivity index (χ2n) is 10.2. The van der Waals surface area contributed by atoms with Gasteiger partial charge in [-0.25, -0.2) is 9.97 Å². The fourth-order valence-electron chi connectivity index (χ4n) is 4.45. The van der Waals surface area contributed by atoms with Crippen LogP contribution in [-0.4, -0.2) is 45.8 Å². The predicted octanol–water partition coefficient (Wildman–Crippen LogP) is 4.96. The van der Waals surface area contributed by atoms with Crippen molar-refractivity contribution in [1.82, 2.24) is 20.2 Å². The van der Waals surface area contributed by atoms with Crippen molar-refractivity contribution in [3.05, 3.63) is 57.9 Å². The van der Waals surface area contributed by atoms with Crippen molar-refractivity contribution < 1.29 is 9.59 Å². The number of carbonyl (C=O) groups excluding carboxylic acids is 2. The molecule has 0 saturated carbocycles. The summed E-state index contributed by atoms with van der Waals surface area (Å²) in [6.45, 7) is 11.6. The number of aromatic nitrogens is 2. The van der Waals surface area contributed by atoms with Gasteiger partial charge in [0.2, 0.25) is 5.91 Å². The standard InChI is InChI=1S/C27H34N4O2S/c1-17-22-18(2)28-26(27(3,4)5)30-24(22)34-23(17)25(33)31-15-13-20(14-16-31)29-21(32)12-11-19-9-7-6-8-10-19/h6-10,20H,11-16H2,1-5H3,(H,29,32). The third kappa shape index (κ3) is 5.30. The zero-order chi connectivity index (χ0) is 24.5. The second kappa shape index (κ2) is 9.82. The van der Waals surface area contributed by atoms with E-state index in [0.717, 1.165) is 51.4 Å². The van der Waals surface area contributed by atoms with Crippen LogP contribution < -0.4 is 5.32 Å². The monoisotopic (exact) mass is 478 g/mol. The summed E-state index contributed by atoms with van der Waals surface area (Å²) in [5, 5.41) is 4.16. The maximum Gasteiger partial charge on any atom is 0.264 e. The van der Waals surface area contributed by atoms with Gasteiger partial charge in [-0.1, -0.05) is 51.1 Å². The molecule has 4 rings (SSSR count). The van der Waals surface area contributed by atoms with Gasteiger partial charge >= 0.3 is 0 Å². The van der Waals surface area contributed by atoms with E-state index in [1.165, 1.54) is 16.9 Å². The number of hydrogen-bond acceptors (Lipinski definition) is 5. The van der Waals surface area contributed by atoms with Gasteiger partial charge in [0.1, 0.15) is 10.7 Å². The van der Waals surface area contributed by atoms with Crippen molar-refractivity contribution in [3.8, 4) is 0 Å². The van der Waals surface area contributed by atoms with E-state index in [0.29, 0.717) is 19.5 Å². The molecule has 2 aromatic heterocycles. The lowest BCUT2D eigenvalue weighted by molar-refractivity contribution is -0.122. The summed E-state index contributed by atoms with van der Waals surface area (Å²) in [6.07, 6.45) is 2.79. The van der Waals surface area contributed by atoms with Crippen LogP contribution in [0.4, 0.5) is 0 Å². The van der Waals surface area contributed by atoms with E-state index < -0.39 is 0 Å². The molecule has 1 saturated heterocycles. The molecule has 180 valence electrons. The Morgan fingerprint density at radius 1 is 1.09 bits per heavy atom. The lowest BCUT2D eigenvalue weighted by Gasteiger charge is -2.32. The molecule has 0 spiro atoms. The summed E-state index contributed by atoms with van der Waals surface area (Å²) in [5.74, 6) is 0.949. The Labute approximate surface area is 205 Å². The molecular formula is C27H34N4O2S. The van der Waals surface area contributed by atoms with E-state index in [1.807, 2.05) is 49.1 Å². The first-order chi connectivity index (χ1) is 16.1. The first kappa shape index (κ1) is 24.3. The highest BCUT2D eigenvalue weighted by Crippen LogP contribution is 2.34. The average Bonchev–Trinajstić information content (AvgIpc) is 3.15. The van der Waals surface area contributed by atoms with Gasteiger partial charge in [-0.3, -0.25) is 9.59 Å². The van der Waals surface area contributed by atoms with E-state index in [2.05, 4.69) is 26.1 Å². The van der Waals surface area contributed by atoms with Crippen LogP contribution in [0.5, 0.6) is 0 Å². The number of rotatable bonds is 5. The van der Waals surface area contributed by atoms with Gasteiger partial charge in [0.05, 0.1) is 10.6 Å². The molecule has 1 aliphatic heterocycles. The molecule has 7 heteroatoms. The number of likely N-dealkylation sites (tertiary alicyclic amines) is 1. The summed E-state index contributed by atoms with van der Waals surface area (Å²) in [5.41, 5.74) is 2.93. The van der Waals surface area contributed by atoms with Crippen LogP contribution in [0.25, 0.3) is 10.2 Å². The Hall–Kier alpha value is -2.80. The highest BCUT2D eigenvalue weighted by molar-refractivity contribution is 7.20. The lowest BCUT2D eigenvalue weighted by atomic mass is 9.95. The Kier molecular flexibility index (Phi) is 7.03. The third-order valence-electron chi connectivity index (χ3n) is 6.47. The van der Waals surface area contributed by atoms with Crippen LogP contribution in [0.15, 0.2) is 30.3 Å². The second-order valence-corrected chi connectivity index (χ2v) is 11.2. The smallest absolute Gasteiger partial charge is 0.264 e. The normalized spacial score (nSPS) is 15.0. The van der Waals surface area contributed by atoms with E-state index >= 15 is 0 Å². The minimum atomic E-state index is -0.144. The number of nitrogens with zero attached hydrogens (tertiary/aromatic N) is 3. The van der Waals surface area contributed by atoms with Gasteiger partial charge < -0.3 is 10.2 Å². The van der Waals surface area contributed by atoms with Crippen LogP contribution in [0, 0.1) is 13.8 Å². The van der Waals surface area contributed by atoms with Crippen LogP contribution >= 0.6 is 11.3 Å². The molecule has 0 atom stereocenters. The summed E-state index contributed by atoms with van der Waals surface area (Å²) >= 11 is 1.47. The van der Waals surface area contributed by atoms with Crippen LogP contribution in [0.3, 0.4) is 0 Å². The molecule has 0 bridgehead atoms. The van der Waals surface area contributed by atoms with Crippen molar-refractivity contribution >= 4 is 33.4 Å². The molecule has 3 heterocycles. The van der Waals surface area contributed by atoms with Gasteiger partial charge in [0.15, 0.2) is 0 Å². The summed E-state index contributed by atoms with van der Waals surface area (Å²) in [6, 6.07) is 10.2. The topological polar surface area (TPSA) is 75.2 Å². The van der Waals surface area contributed by atoms with E-state index in [1.54, 1.807) is 0 Å². The number of amides is 2. The number of benzene rings is 1. The summed E-state index contributed by atoms with van der Waals surface area (Å²) < 4.78 is 0. The SMILES string of the molecule is Cc1nc(C(C)(C)C)nc2sc(C(=O)N3CCC(NC(=O)CCc4ccccc4)CC3)c(C)c12. The molecule has 6 nitrogen and oxygen atoms in total. The fraction of sp³-hybridized carbons (Fsp3) is 0.481. The van der Waals surface area contributed by atoms with E-state index in [4.69, 9.17) is 9.97 Å². The van der Waals surface area contributed by atoms with Gasteiger partial charge in [0.25, 0.3) is 5.91 Å². The number of nitrogens with one attached hydrogen (secondary N) is 1. The number of fused-ring (bicyclic) bond motifs is 1. The molecule has 1 N–H and O–H groups in total. The van der Waals surface area contributed by atoms with Crippen molar-refractivity contribution in [3.63, 3.8) is 0 Å². The molecule has 2 amide bonds. The number of hydrogen-bond donors (Lipinski definition) is 1. The zero-order valence-corrected chi connectivity index (χ0v) is 21.6. The first-order valence-electron chi connectivity index (χ1n) is 12.0. The molecule has 0 aliphatic carbocycles. The van der Waals surface area contributed by atoms with Crippen molar-refractivity contribution in [1.29, 1.82) is 0 Å². The van der Waals surface area contributed by atoms with E-state index in [-0.39, 0.29) is 23.3 Å². The first-order valence-corrected chi connectivity index (χ1v) is 12.9. The number of piperidine rings is 1. The van der Waals surface area contributed by atoms with Crippen LogP contribution in [-0.2, 0) is 16.6 Å². The minimum absolute atomic E-state index is 0.0612. The Morgan fingerprint density at radius 2 is 1.76 bits per heavy atom. The molecule has 1 aromatic carbocycles. The average molecular weight is 479 g/mol. The lowest BCUT2D eigenvalue weighted by Crippen LogP contribution is -2.46. The zero-order valence-electron chi connectivity index (χ0n) is 20.8. The molecule has 1 aliphatic rings. The quantitative estimate of drug-likeness (QED) is 0.562. The number of carbonyl (C=O) groups is 2. The molecule has 1 fully saturated rings. The highest BCUT2D eigenvalue weighted by atomic mass is 32.1. The summed E-state index contributed by atoms with van der Waals surface area (Å²) in [7, 11) is 0. The van der Waals surface area contributed by atoms with Crippen molar-refractivity contribution in [2.45, 2.75) is 71.8 Å². The maximum atomic E-state index is 13.4. The van der Waals surface area contributed by atoms with E-state index in [9.17, 15) is 9.59 Å². The number of aryl methyl sites for hydroxylation is 3.